The maximum atomic E-state index is 10.6. The predicted octanol–water partition coefficient (Wildman–Crippen LogP) is 6.85. The van der Waals surface area contributed by atoms with Gasteiger partial charge in [0.2, 0.25) is 0 Å². The maximum absolute atomic E-state index is 10.6. The van der Waals surface area contributed by atoms with E-state index in [0.29, 0.717) is 6.61 Å². The molecule has 168 valence electrons. The van der Waals surface area contributed by atoms with Crippen LogP contribution in [0.4, 0.5) is 0 Å². The van der Waals surface area contributed by atoms with E-state index in [4.69, 9.17) is 5.11 Å². The molecule has 3 N–H and O–H groups in total. The first kappa shape index (κ1) is 25.9. The van der Waals surface area contributed by atoms with Gasteiger partial charge in [-0.3, -0.25) is 5.32 Å². The average Bonchev–Trinajstić information content (AvgIpc) is 2.92. The third kappa shape index (κ3) is 15.8. The minimum absolute atomic E-state index is 0.363. The van der Waals surface area contributed by atoms with Crippen molar-refractivity contribution in [2.75, 3.05) is 13.2 Å². The number of rotatable bonds is 19. The van der Waals surface area contributed by atoms with Crippen LogP contribution >= 0.6 is 0 Å². The van der Waals surface area contributed by atoms with E-state index in [1.165, 1.54) is 122 Å². The quantitative estimate of drug-likeness (QED) is 0.127. The molecule has 1 saturated carbocycles. The fourth-order valence-electron chi connectivity index (χ4n) is 4.52. The molecular weight excluding hydrogens is 346 g/mol. The van der Waals surface area contributed by atoms with Gasteiger partial charge in [0.1, 0.15) is 5.72 Å². The minimum atomic E-state index is -0.559. The van der Waals surface area contributed by atoms with Gasteiger partial charge in [0.25, 0.3) is 0 Å². The van der Waals surface area contributed by atoms with Crippen LogP contribution in [0.2, 0.25) is 0 Å². The molecule has 1 aliphatic carbocycles. The Bertz CT molecular complexity index is 314. The Morgan fingerprint density at radius 3 is 1.25 bits per heavy atom. The number of aliphatic hydroxyl groups excluding tert-OH is 1. The van der Waals surface area contributed by atoms with Crippen LogP contribution in [-0.4, -0.2) is 29.1 Å². The summed E-state index contributed by atoms with van der Waals surface area (Å²) < 4.78 is 0. The van der Waals surface area contributed by atoms with Crippen molar-refractivity contribution in [2.45, 2.75) is 147 Å². The van der Waals surface area contributed by atoms with E-state index in [2.05, 4.69) is 5.32 Å². The molecule has 1 fully saturated rings. The van der Waals surface area contributed by atoms with Gasteiger partial charge in [0, 0.05) is 6.61 Å². The third-order valence-corrected chi connectivity index (χ3v) is 6.47. The molecule has 0 amide bonds. The molecule has 0 spiro atoms. The molecule has 3 heteroatoms. The Balaban J connectivity index is 1.73. The monoisotopic (exact) mass is 397 g/mol. The smallest absolute Gasteiger partial charge is 0.116 e. The summed E-state index contributed by atoms with van der Waals surface area (Å²) in [5.41, 5.74) is -0.559. The first-order valence-corrected chi connectivity index (χ1v) is 12.9. The number of unbranched alkanes of at least 4 members (excludes halogenated alkanes) is 15. The Morgan fingerprint density at radius 1 is 0.500 bits per heavy atom. The maximum Gasteiger partial charge on any atom is 0.116 e. The topological polar surface area (TPSA) is 52.5 Å². The zero-order valence-electron chi connectivity index (χ0n) is 18.9. The Hall–Kier alpha value is -0.120. The lowest BCUT2D eigenvalue weighted by Gasteiger charge is -2.28. The zero-order chi connectivity index (χ0) is 20.2. The minimum Gasteiger partial charge on any atom is -0.396 e. The van der Waals surface area contributed by atoms with Gasteiger partial charge in [0.15, 0.2) is 0 Å². The molecule has 1 rings (SSSR count). The van der Waals surface area contributed by atoms with E-state index in [-0.39, 0.29) is 0 Å². The highest BCUT2D eigenvalue weighted by atomic mass is 16.3. The summed E-state index contributed by atoms with van der Waals surface area (Å²) in [5.74, 6) is 0. The average molecular weight is 398 g/mol. The Labute approximate surface area is 176 Å². The van der Waals surface area contributed by atoms with Crippen LogP contribution in [0.15, 0.2) is 0 Å². The predicted molar refractivity (Wildman–Crippen MR) is 122 cm³/mol. The van der Waals surface area contributed by atoms with Gasteiger partial charge < -0.3 is 10.2 Å². The van der Waals surface area contributed by atoms with Gasteiger partial charge in [-0.15, -0.1) is 0 Å². The van der Waals surface area contributed by atoms with Crippen molar-refractivity contribution in [3.63, 3.8) is 0 Å². The standard InChI is InChI=1S/C25H51NO2/c27-24-20-16-12-10-8-6-4-2-1-3-5-7-9-11-15-19-23-26-25(28)21-17-13-14-18-22-25/h26-28H,1-24H2. The molecule has 0 unspecified atom stereocenters. The number of nitrogens with one attached hydrogen (secondary N) is 1. The fraction of sp³-hybridized carbons (Fsp3) is 1.00. The van der Waals surface area contributed by atoms with E-state index < -0.39 is 5.72 Å². The number of aliphatic hydroxyl groups is 2. The second-order valence-corrected chi connectivity index (χ2v) is 9.25. The van der Waals surface area contributed by atoms with Crippen molar-refractivity contribution < 1.29 is 10.2 Å². The molecule has 0 saturated heterocycles. The van der Waals surface area contributed by atoms with Crippen molar-refractivity contribution >= 4 is 0 Å². The molecule has 0 radical (unpaired) electrons. The van der Waals surface area contributed by atoms with Crippen LogP contribution in [0.5, 0.6) is 0 Å². The summed E-state index contributed by atoms with van der Waals surface area (Å²) in [6, 6.07) is 0. The van der Waals surface area contributed by atoms with Gasteiger partial charge in [-0.1, -0.05) is 103 Å². The Morgan fingerprint density at radius 2 is 0.857 bits per heavy atom. The summed E-state index contributed by atoms with van der Waals surface area (Å²) in [5, 5.41) is 22.7. The molecule has 0 atom stereocenters. The van der Waals surface area contributed by atoms with Crippen LogP contribution in [0.25, 0.3) is 0 Å². The molecule has 0 heterocycles. The lowest BCUT2D eigenvalue weighted by Crippen LogP contribution is -2.45. The van der Waals surface area contributed by atoms with E-state index >= 15 is 0 Å². The molecule has 0 aromatic carbocycles. The fourth-order valence-corrected chi connectivity index (χ4v) is 4.52. The summed E-state index contributed by atoms with van der Waals surface area (Å²) >= 11 is 0. The van der Waals surface area contributed by atoms with Crippen molar-refractivity contribution in [3.8, 4) is 0 Å². The van der Waals surface area contributed by atoms with Crippen LogP contribution in [0.3, 0.4) is 0 Å². The first-order valence-electron chi connectivity index (χ1n) is 12.9. The SMILES string of the molecule is OCCCCCCCCCCCCCCCCCCNC1(O)CCCCCC1. The molecule has 0 bridgehead atoms. The van der Waals surface area contributed by atoms with Crippen LogP contribution in [0, 0.1) is 0 Å². The van der Waals surface area contributed by atoms with Crippen molar-refractivity contribution in [3.05, 3.63) is 0 Å². The van der Waals surface area contributed by atoms with Crippen LogP contribution in [-0.2, 0) is 0 Å². The molecule has 28 heavy (non-hydrogen) atoms. The van der Waals surface area contributed by atoms with Crippen molar-refractivity contribution in [2.24, 2.45) is 0 Å². The zero-order valence-corrected chi connectivity index (χ0v) is 18.9. The number of hydrogen-bond donors (Lipinski definition) is 3. The van der Waals surface area contributed by atoms with Gasteiger partial charge in [-0.25, -0.2) is 0 Å². The van der Waals surface area contributed by atoms with Crippen LogP contribution in [0.1, 0.15) is 141 Å². The van der Waals surface area contributed by atoms with Crippen molar-refractivity contribution in [1.29, 1.82) is 0 Å². The first-order chi connectivity index (χ1) is 13.8. The lowest BCUT2D eigenvalue weighted by molar-refractivity contribution is -0.00907. The highest BCUT2D eigenvalue weighted by Crippen LogP contribution is 2.24. The van der Waals surface area contributed by atoms with Crippen LogP contribution < -0.4 is 5.32 Å². The second kappa shape index (κ2) is 18.9. The Kier molecular flexibility index (Phi) is 17.5. The summed E-state index contributed by atoms with van der Waals surface area (Å²) in [6.07, 6.45) is 28.2. The van der Waals surface area contributed by atoms with Gasteiger partial charge in [0.05, 0.1) is 0 Å². The second-order valence-electron chi connectivity index (χ2n) is 9.25. The van der Waals surface area contributed by atoms with Gasteiger partial charge in [-0.05, 0) is 45.1 Å². The highest BCUT2D eigenvalue weighted by Gasteiger charge is 2.26. The van der Waals surface area contributed by atoms with E-state index in [1.807, 2.05) is 0 Å². The van der Waals surface area contributed by atoms with Gasteiger partial charge >= 0.3 is 0 Å². The third-order valence-electron chi connectivity index (χ3n) is 6.47. The highest BCUT2D eigenvalue weighted by molar-refractivity contribution is 4.78. The van der Waals surface area contributed by atoms with Crippen molar-refractivity contribution in [1.82, 2.24) is 5.32 Å². The molecule has 0 aliphatic heterocycles. The van der Waals surface area contributed by atoms with E-state index in [0.717, 1.165) is 25.8 Å². The summed E-state index contributed by atoms with van der Waals surface area (Å²) in [6.45, 7) is 1.35. The summed E-state index contributed by atoms with van der Waals surface area (Å²) in [4.78, 5) is 0. The lowest BCUT2D eigenvalue weighted by atomic mass is 10.0. The van der Waals surface area contributed by atoms with E-state index in [9.17, 15) is 5.11 Å². The van der Waals surface area contributed by atoms with Gasteiger partial charge in [-0.2, -0.15) is 0 Å². The molecular formula is C25H51NO2. The normalized spacial score (nSPS) is 16.9. The molecule has 3 nitrogen and oxygen atoms in total. The molecule has 1 aliphatic rings. The number of hydrogen-bond acceptors (Lipinski definition) is 3. The molecule has 0 aromatic heterocycles. The molecule has 0 aromatic rings. The largest absolute Gasteiger partial charge is 0.396 e. The summed E-state index contributed by atoms with van der Waals surface area (Å²) in [7, 11) is 0. The van der Waals surface area contributed by atoms with E-state index in [1.54, 1.807) is 0 Å².